The van der Waals surface area contributed by atoms with E-state index in [1.54, 1.807) is 34.8 Å². The number of carbonyl (C=O) groups is 2. The number of esters is 1. The largest absolute Gasteiger partial charge is 0.481 e. The minimum atomic E-state index is -1.14. The molecule has 1 saturated heterocycles. The third-order valence-corrected chi connectivity index (χ3v) is 7.36. The number of nitrogens with zero attached hydrogens (tertiary/aromatic N) is 1. The van der Waals surface area contributed by atoms with E-state index < -0.39 is 47.6 Å². The molecule has 2 aliphatic rings. The molecule has 0 aromatic carbocycles. The van der Waals surface area contributed by atoms with Crippen LogP contribution >= 0.6 is 0 Å². The van der Waals surface area contributed by atoms with Crippen molar-refractivity contribution in [3.63, 3.8) is 0 Å². The molecule has 1 fully saturated rings. The molecular weight excluding hydrogens is 454 g/mol. The van der Waals surface area contributed by atoms with Gasteiger partial charge in [-0.2, -0.15) is 0 Å². The fourth-order valence-corrected chi connectivity index (χ4v) is 5.26. The molecule has 4 unspecified atom stereocenters. The zero-order chi connectivity index (χ0) is 26.9. The lowest BCUT2D eigenvalue weighted by Crippen LogP contribution is -2.56. The van der Waals surface area contributed by atoms with Gasteiger partial charge < -0.3 is 33.7 Å². The fourth-order valence-electron chi connectivity index (χ4n) is 5.26. The van der Waals surface area contributed by atoms with E-state index >= 15 is 0 Å². The van der Waals surface area contributed by atoms with Crippen LogP contribution in [0.3, 0.4) is 0 Å². The highest BCUT2D eigenvalue weighted by Crippen LogP contribution is 2.41. The predicted molar refractivity (Wildman–Crippen MR) is 130 cm³/mol. The summed E-state index contributed by atoms with van der Waals surface area (Å²) >= 11 is 0. The monoisotopic (exact) mass is 499 g/mol. The van der Waals surface area contributed by atoms with Crippen molar-refractivity contribution in [1.82, 2.24) is 4.90 Å². The van der Waals surface area contributed by atoms with Gasteiger partial charge in [0.2, 0.25) is 5.79 Å². The van der Waals surface area contributed by atoms with Crippen LogP contribution in [0, 0.1) is 17.8 Å². The van der Waals surface area contributed by atoms with Crippen LogP contribution in [-0.4, -0.2) is 79.1 Å². The maximum Gasteiger partial charge on any atom is 0.340 e. The molecular formula is C26H45NO8. The standard InChI is InChI=1S/C26H45NO8/c1-14(22(28)29)13-26(8,31-11)21(17(4)20-18(5)23(30)35-25(6,7)34-20)33-24-16(3)19(27(9)10)12-15(2)32-24/h14-17,19,21,24H,12-13H2,1-11H3,(H,28,29)/t14-,15?,16?,17+,19?,21-,24?,26-/m1/s1. The first-order chi connectivity index (χ1) is 16.0. The minimum absolute atomic E-state index is 0.0212. The topological polar surface area (TPSA) is 104 Å². The molecule has 1 N–H and O–H groups in total. The zero-order valence-corrected chi connectivity index (χ0v) is 23.2. The van der Waals surface area contributed by atoms with Crippen molar-refractivity contribution >= 4 is 11.9 Å². The molecule has 9 nitrogen and oxygen atoms in total. The second-order valence-electron chi connectivity index (χ2n) is 11.1. The Morgan fingerprint density at radius 3 is 2.37 bits per heavy atom. The Balaban J connectivity index is 2.53. The Morgan fingerprint density at radius 2 is 1.86 bits per heavy atom. The van der Waals surface area contributed by atoms with Crippen LogP contribution in [0.1, 0.15) is 68.2 Å². The highest BCUT2D eigenvalue weighted by atomic mass is 16.7. The number of carbonyl (C=O) groups excluding carboxylic acids is 1. The number of carboxylic acids is 1. The van der Waals surface area contributed by atoms with Crippen LogP contribution in [0.4, 0.5) is 0 Å². The minimum Gasteiger partial charge on any atom is -0.481 e. The van der Waals surface area contributed by atoms with Crippen molar-refractivity contribution in [3.05, 3.63) is 11.3 Å². The maximum atomic E-state index is 12.6. The van der Waals surface area contributed by atoms with Crippen LogP contribution in [0.2, 0.25) is 0 Å². The van der Waals surface area contributed by atoms with Gasteiger partial charge in [0.05, 0.1) is 29.3 Å². The Hall–Kier alpha value is -1.68. The molecule has 0 saturated carbocycles. The molecule has 2 aliphatic heterocycles. The van der Waals surface area contributed by atoms with Gasteiger partial charge in [-0.15, -0.1) is 0 Å². The van der Waals surface area contributed by atoms with E-state index in [-0.39, 0.29) is 24.5 Å². The number of hydrogen-bond acceptors (Lipinski definition) is 8. The first-order valence-electron chi connectivity index (χ1n) is 12.4. The van der Waals surface area contributed by atoms with E-state index in [1.807, 2.05) is 34.9 Å². The van der Waals surface area contributed by atoms with E-state index in [4.69, 9.17) is 23.7 Å². The van der Waals surface area contributed by atoms with Crippen molar-refractivity contribution in [3.8, 4) is 0 Å². The van der Waals surface area contributed by atoms with E-state index in [9.17, 15) is 14.7 Å². The lowest BCUT2D eigenvalue weighted by molar-refractivity contribution is -0.285. The summed E-state index contributed by atoms with van der Waals surface area (Å²) in [7, 11) is 5.64. The number of rotatable bonds is 10. The second kappa shape index (κ2) is 11.2. The number of methoxy groups -OCH3 is 1. The van der Waals surface area contributed by atoms with Crippen molar-refractivity contribution in [1.29, 1.82) is 0 Å². The number of aliphatic carboxylic acids is 1. The maximum absolute atomic E-state index is 12.6. The van der Waals surface area contributed by atoms with Crippen LogP contribution in [0.25, 0.3) is 0 Å². The Bertz CT molecular complexity index is 809. The average molecular weight is 500 g/mol. The van der Waals surface area contributed by atoms with Gasteiger partial charge in [-0.1, -0.05) is 20.8 Å². The van der Waals surface area contributed by atoms with Crippen molar-refractivity contribution in [2.24, 2.45) is 17.8 Å². The highest BCUT2D eigenvalue weighted by molar-refractivity contribution is 5.89. The second-order valence-corrected chi connectivity index (χ2v) is 11.1. The molecule has 0 spiro atoms. The van der Waals surface area contributed by atoms with Crippen molar-refractivity contribution in [2.45, 2.75) is 104 Å². The molecule has 8 atom stereocenters. The van der Waals surface area contributed by atoms with Gasteiger partial charge in [0.25, 0.3) is 0 Å². The quantitative estimate of drug-likeness (QED) is 0.449. The highest BCUT2D eigenvalue weighted by Gasteiger charge is 2.49. The molecule has 35 heavy (non-hydrogen) atoms. The predicted octanol–water partition coefficient (Wildman–Crippen LogP) is 3.81. The molecule has 9 heteroatoms. The summed E-state index contributed by atoms with van der Waals surface area (Å²) < 4.78 is 30.5. The molecule has 0 aromatic heterocycles. The van der Waals surface area contributed by atoms with Crippen molar-refractivity contribution < 1.29 is 38.4 Å². The summed E-state index contributed by atoms with van der Waals surface area (Å²) in [4.78, 5) is 26.5. The summed E-state index contributed by atoms with van der Waals surface area (Å²) in [5, 5.41) is 9.63. The molecule has 0 amide bonds. The van der Waals surface area contributed by atoms with Gasteiger partial charge in [-0.25, -0.2) is 4.79 Å². The SMILES string of the molecule is CO[C@](C)(C[C@@H](C)C(=O)O)[C@H](OC1OC(C)CC(N(C)C)C1C)[C@@H](C)C1=C(C)C(=O)OC(C)(C)O1. The van der Waals surface area contributed by atoms with Crippen LogP contribution in [0.5, 0.6) is 0 Å². The molecule has 2 heterocycles. The number of hydrogen-bond donors (Lipinski definition) is 1. The third kappa shape index (κ3) is 6.76. The summed E-state index contributed by atoms with van der Waals surface area (Å²) in [6, 6.07) is 0.243. The lowest BCUT2D eigenvalue weighted by Gasteiger charge is -2.48. The summed E-state index contributed by atoms with van der Waals surface area (Å²) in [5.74, 6) is -3.16. The van der Waals surface area contributed by atoms with Crippen LogP contribution in [0.15, 0.2) is 11.3 Å². The Labute approximate surface area is 210 Å². The van der Waals surface area contributed by atoms with E-state index in [0.29, 0.717) is 11.3 Å². The van der Waals surface area contributed by atoms with E-state index in [1.165, 1.54) is 0 Å². The average Bonchev–Trinajstić information content (AvgIpc) is 2.75. The van der Waals surface area contributed by atoms with Crippen LogP contribution in [-0.2, 0) is 33.3 Å². The number of ether oxygens (including phenoxy) is 5. The number of carboxylic acid groups (broad SMARTS) is 1. The lowest BCUT2D eigenvalue weighted by atomic mass is 9.80. The molecule has 0 bridgehead atoms. The molecule has 0 radical (unpaired) electrons. The summed E-state index contributed by atoms with van der Waals surface area (Å²) in [6.07, 6.45) is -0.188. The Kier molecular flexibility index (Phi) is 9.41. The smallest absolute Gasteiger partial charge is 0.340 e. The van der Waals surface area contributed by atoms with Gasteiger partial charge in [0, 0.05) is 38.8 Å². The van der Waals surface area contributed by atoms with Crippen LogP contribution < -0.4 is 0 Å². The molecule has 0 aromatic rings. The summed E-state index contributed by atoms with van der Waals surface area (Å²) in [5.41, 5.74) is -0.663. The van der Waals surface area contributed by atoms with Gasteiger partial charge in [-0.05, 0) is 47.7 Å². The van der Waals surface area contributed by atoms with E-state index in [0.717, 1.165) is 6.42 Å². The zero-order valence-electron chi connectivity index (χ0n) is 23.2. The molecule has 0 aliphatic carbocycles. The first kappa shape index (κ1) is 29.5. The van der Waals surface area contributed by atoms with Gasteiger partial charge >= 0.3 is 11.9 Å². The van der Waals surface area contributed by atoms with E-state index in [2.05, 4.69) is 11.8 Å². The third-order valence-electron chi connectivity index (χ3n) is 7.36. The van der Waals surface area contributed by atoms with Crippen molar-refractivity contribution in [2.75, 3.05) is 21.2 Å². The van der Waals surface area contributed by atoms with Gasteiger partial charge in [0.15, 0.2) is 6.29 Å². The molecule has 202 valence electrons. The molecule has 2 rings (SSSR count). The Morgan fingerprint density at radius 1 is 1.26 bits per heavy atom. The van der Waals surface area contributed by atoms with Gasteiger partial charge in [-0.3, -0.25) is 4.79 Å². The first-order valence-corrected chi connectivity index (χ1v) is 12.4. The summed E-state index contributed by atoms with van der Waals surface area (Å²) in [6.45, 7) is 14.5. The number of cyclic esters (lactones) is 1. The fraction of sp³-hybridized carbons (Fsp3) is 0.846. The van der Waals surface area contributed by atoms with Gasteiger partial charge in [0.1, 0.15) is 5.76 Å². The normalized spacial score (nSPS) is 31.3.